The zero-order valence-electron chi connectivity index (χ0n) is 20.3. The highest BCUT2D eigenvalue weighted by Gasteiger charge is 2.46. The standard InChI is InChI=1S/C22H24FN7O.C2HF3O2/c1-14-10-15-11-18(17(23)12-30(15)27-14)26-21(31)29-8-3-16-19(2-6-24-20(16)29)28-9-7-25-22(13-28)4-5-22;3-2(4,5)1(6)7/h2,6,10-12,25H,3-5,7-9,13H2,1H3,(H,26,31);(H,6,7). The van der Waals surface area contributed by atoms with E-state index in [0.717, 1.165) is 48.5 Å². The van der Waals surface area contributed by atoms with Gasteiger partial charge in [-0.05, 0) is 44.4 Å². The van der Waals surface area contributed by atoms with Crippen LogP contribution in [0.15, 0.2) is 30.6 Å². The topological polar surface area (TPSA) is 115 Å². The molecule has 3 aromatic heterocycles. The predicted octanol–water partition coefficient (Wildman–Crippen LogP) is 3.35. The highest BCUT2D eigenvalue weighted by molar-refractivity contribution is 6.03. The lowest BCUT2D eigenvalue weighted by Crippen LogP contribution is -2.52. The minimum absolute atomic E-state index is 0.139. The van der Waals surface area contributed by atoms with Gasteiger partial charge in [0.1, 0.15) is 5.82 Å². The zero-order valence-corrected chi connectivity index (χ0v) is 20.3. The summed E-state index contributed by atoms with van der Waals surface area (Å²) in [5.74, 6) is -2.62. The molecule has 3 aromatic rings. The number of anilines is 3. The smallest absolute Gasteiger partial charge is 0.475 e. The lowest BCUT2D eigenvalue weighted by molar-refractivity contribution is -0.192. The molecule has 5 heterocycles. The largest absolute Gasteiger partial charge is 0.490 e. The molecule has 2 aliphatic heterocycles. The summed E-state index contributed by atoms with van der Waals surface area (Å²) in [5.41, 5.74) is 4.18. The van der Waals surface area contributed by atoms with Gasteiger partial charge in [-0.15, -0.1) is 0 Å². The summed E-state index contributed by atoms with van der Waals surface area (Å²) in [4.78, 5) is 30.5. The third-order valence-electron chi connectivity index (χ3n) is 6.82. The summed E-state index contributed by atoms with van der Waals surface area (Å²) < 4.78 is 47.7. The summed E-state index contributed by atoms with van der Waals surface area (Å²) in [6, 6.07) is 5.12. The number of nitrogens with one attached hydrogen (secondary N) is 2. The molecule has 38 heavy (non-hydrogen) atoms. The average Bonchev–Trinajstić information content (AvgIpc) is 3.28. The van der Waals surface area contributed by atoms with E-state index in [-0.39, 0.29) is 17.3 Å². The molecule has 0 radical (unpaired) electrons. The van der Waals surface area contributed by atoms with E-state index in [1.165, 1.54) is 23.6 Å². The maximum absolute atomic E-state index is 14.5. The Morgan fingerprint density at radius 1 is 1.21 bits per heavy atom. The van der Waals surface area contributed by atoms with E-state index in [2.05, 4.69) is 31.7 Å². The van der Waals surface area contributed by atoms with Crippen LogP contribution in [-0.4, -0.2) is 69.6 Å². The molecule has 1 aliphatic carbocycles. The number of alkyl halides is 3. The molecule has 6 rings (SSSR count). The number of pyridine rings is 2. The number of hydrogen-bond donors (Lipinski definition) is 3. The van der Waals surface area contributed by atoms with Crippen molar-refractivity contribution in [2.75, 3.05) is 41.3 Å². The molecule has 0 unspecified atom stereocenters. The lowest BCUT2D eigenvalue weighted by Gasteiger charge is -2.36. The number of nitrogens with zero attached hydrogens (tertiary/aromatic N) is 5. The minimum atomic E-state index is -5.08. The van der Waals surface area contributed by atoms with E-state index < -0.39 is 18.0 Å². The third kappa shape index (κ3) is 5.08. The summed E-state index contributed by atoms with van der Waals surface area (Å²) in [7, 11) is 0. The van der Waals surface area contributed by atoms with E-state index in [1.54, 1.807) is 17.2 Å². The van der Waals surface area contributed by atoms with Crippen LogP contribution in [0.2, 0.25) is 0 Å². The summed E-state index contributed by atoms with van der Waals surface area (Å²) in [6.45, 7) is 5.28. The number of hydrogen-bond acceptors (Lipinski definition) is 6. The molecule has 14 heteroatoms. The molecule has 2 amide bonds. The molecule has 2 fully saturated rings. The molecule has 202 valence electrons. The minimum Gasteiger partial charge on any atom is -0.475 e. The number of amides is 2. The van der Waals surface area contributed by atoms with E-state index in [1.807, 2.05) is 13.0 Å². The first kappa shape index (κ1) is 25.7. The maximum atomic E-state index is 14.5. The van der Waals surface area contributed by atoms with Crippen LogP contribution in [0.5, 0.6) is 0 Å². The van der Waals surface area contributed by atoms with Crippen molar-refractivity contribution in [3.63, 3.8) is 0 Å². The van der Waals surface area contributed by atoms with Gasteiger partial charge in [0, 0.05) is 49.2 Å². The Balaban J connectivity index is 0.000000374. The monoisotopic (exact) mass is 535 g/mol. The van der Waals surface area contributed by atoms with E-state index in [4.69, 9.17) is 9.90 Å². The van der Waals surface area contributed by atoms with Crippen molar-refractivity contribution in [2.24, 2.45) is 0 Å². The van der Waals surface area contributed by atoms with E-state index >= 15 is 0 Å². The molecule has 1 saturated heterocycles. The first-order valence-electron chi connectivity index (χ1n) is 12.0. The zero-order chi connectivity index (χ0) is 27.2. The lowest BCUT2D eigenvalue weighted by atomic mass is 10.1. The molecule has 0 atom stereocenters. The number of carboxylic acids is 1. The highest BCUT2D eigenvalue weighted by Crippen LogP contribution is 2.41. The number of aliphatic carboxylic acids is 1. The first-order valence-corrected chi connectivity index (χ1v) is 12.0. The summed E-state index contributed by atoms with van der Waals surface area (Å²) >= 11 is 0. The number of piperazine rings is 1. The van der Waals surface area contributed by atoms with Crippen molar-refractivity contribution < 1.29 is 32.3 Å². The van der Waals surface area contributed by atoms with Gasteiger partial charge in [-0.3, -0.25) is 4.90 Å². The van der Waals surface area contributed by atoms with Gasteiger partial charge >= 0.3 is 18.2 Å². The second kappa shape index (κ2) is 9.42. The number of fused-ring (bicyclic) bond motifs is 2. The first-order chi connectivity index (χ1) is 18.0. The van der Waals surface area contributed by atoms with Gasteiger partial charge in [-0.25, -0.2) is 23.5 Å². The van der Waals surface area contributed by atoms with E-state index in [9.17, 15) is 22.4 Å². The number of carboxylic acid groups (broad SMARTS) is 1. The fraction of sp³-hybridized carbons (Fsp3) is 0.417. The predicted molar refractivity (Wildman–Crippen MR) is 130 cm³/mol. The molecule has 1 spiro atoms. The molecule has 0 aromatic carbocycles. The molecule has 3 aliphatic rings. The maximum Gasteiger partial charge on any atom is 0.490 e. The Labute approximate surface area is 214 Å². The van der Waals surface area contributed by atoms with Crippen LogP contribution in [0, 0.1) is 12.7 Å². The van der Waals surface area contributed by atoms with Crippen LogP contribution in [-0.2, 0) is 11.2 Å². The SMILES string of the molecule is Cc1cc2cc(NC(=O)N3CCc4c(N5CCNC6(CC6)C5)ccnc43)c(F)cn2n1.O=C(O)C(F)(F)F. The molecule has 1 saturated carbocycles. The number of halogens is 4. The highest BCUT2D eigenvalue weighted by atomic mass is 19.4. The van der Waals surface area contributed by atoms with Crippen LogP contribution in [0.25, 0.3) is 5.52 Å². The van der Waals surface area contributed by atoms with Gasteiger partial charge in [-0.2, -0.15) is 18.3 Å². The summed E-state index contributed by atoms with van der Waals surface area (Å²) in [6.07, 6.45) is 1.15. The van der Waals surface area contributed by atoms with Crippen LogP contribution in [0.4, 0.5) is 39.5 Å². The number of carbonyl (C=O) groups excluding carboxylic acids is 1. The van der Waals surface area contributed by atoms with Crippen LogP contribution < -0.4 is 20.4 Å². The van der Waals surface area contributed by atoms with Crippen molar-refractivity contribution in [2.45, 2.75) is 37.9 Å². The van der Waals surface area contributed by atoms with Crippen molar-refractivity contribution in [1.29, 1.82) is 0 Å². The Kier molecular flexibility index (Phi) is 6.37. The number of urea groups is 1. The Bertz CT molecular complexity index is 1400. The van der Waals surface area contributed by atoms with Crippen LogP contribution >= 0.6 is 0 Å². The van der Waals surface area contributed by atoms with Gasteiger partial charge in [-0.1, -0.05) is 0 Å². The van der Waals surface area contributed by atoms with Crippen molar-refractivity contribution >= 4 is 34.7 Å². The quantitative estimate of drug-likeness (QED) is 0.431. The normalized spacial score (nSPS) is 17.7. The number of aryl methyl sites for hydroxylation is 1. The fourth-order valence-corrected chi connectivity index (χ4v) is 4.84. The van der Waals surface area contributed by atoms with Crippen LogP contribution in [0.3, 0.4) is 0 Å². The average molecular weight is 536 g/mol. The van der Waals surface area contributed by atoms with Gasteiger partial charge < -0.3 is 20.6 Å². The van der Waals surface area contributed by atoms with Crippen LogP contribution in [0.1, 0.15) is 24.1 Å². The Hall–Kier alpha value is -3.94. The van der Waals surface area contributed by atoms with Gasteiger partial charge in [0.15, 0.2) is 5.82 Å². The molecule has 3 N–H and O–H groups in total. The number of rotatable bonds is 2. The fourth-order valence-electron chi connectivity index (χ4n) is 4.84. The molecular weight excluding hydrogens is 510 g/mol. The second-order valence-corrected chi connectivity index (χ2v) is 9.59. The van der Waals surface area contributed by atoms with E-state index in [0.29, 0.717) is 12.4 Å². The summed E-state index contributed by atoms with van der Waals surface area (Å²) in [5, 5.41) is 17.7. The van der Waals surface area contributed by atoms with Gasteiger partial charge in [0.25, 0.3) is 0 Å². The Morgan fingerprint density at radius 2 is 1.95 bits per heavy atom. The molecule has 0 bridgehead atoms. The number of aromatic nitrogens is 3. The van der Waals surface area contributed by atoms with Crippen molar-refractivity contribution in [3.8, 4) is 0 Å². The van der Waals surface area contributed by atoms with Gasteiger partial charge in [0.05, 0.1) is 23.1 Å². The molecule has 10 nitrogen and oxygen atoms in total. The third-order valence-corrected chi connectivity index (χ3v) is 6.82. The number of carbonyl (C=O) groups is 2. The van der Waals surface area contributed by atoms with Crippen molar-refractivity contribution in [1.82, 2.24) is 19.9 Å². The van der Waals surface area contributed by atoms with Gasteiger partial charge in [0.2, 0.25) is 0 Å². The van der Waals surface area contributed by atoms with Crippen molar-refractivity contribution in [3.05, 3.63) is 47.7 Å². The Morgan fingerprint density at radius 3 is 2.63 bits per heavy atom. The second-order valence-electron chi connectivity index (χ2n) is 9.59. The molecular formula is C24H25F4N7O3.